The fourth-order valence-electron chi connectivity index (χ4n) is 6.31. The molecule has 0 saturated carbocycles. The fourth-order valence-corrected chi connectivity index (χ4v) is 6.31. The van der Waals surface area contributed by atoms with E-state index in [0.717, 1.165) is 72.4 Å². The third kappa shape index (κ3) is 6.16. The second-order valence-corrected chi connectivity index (χ2v) is 12.2. The average molecular weight is 657 g/mol. The van der Waals surface area contributed by atoms with Crippen LogP contribution < -0.4 is 0 Å². The maximum absolute atomic E-state index is 6.30. The van der Waals surface area contributed by atoms with Crippen LogP contribution in [-0.2, 0) is 0 Å². The van der Waals surface area contributed by atoms with E-state index in [9.17, 15) is 0 Å². The molecule has 9 rings (SSSR count). The van der Waals surface area contributed by atoms with Crippen LogP contribution in [0.2, 0.25) is 0 Å². The Bertz CT molecular complexity index is 2330. The first kappa shape index (κ1) is 30.0. The maximum atomic E-state index is 6.30. The lowest BCUT2D eigenvalue weighted by Crippen LogP contribution is -1.94. The molecule has 0 fully saturated rings. The molecular formula is C44H28N6O. The molecule has 0 atom stereocenters. The summed E-state index contributed by atoms with van der Waals surface area (Å²) >= 11 is 0. The summed E-state index contributed by atoms with van der Waals surface area (Å²) in [6.07, 6.45) is 14.7. The van der Waals surface area contributed by atoms with E-state index < -0.39 is 0 Å². The minimum absolute atomic E-state index is 0.450. The normalized spacial score (nSPS) is 11.1. The summed E-state index contributed by atoms with van der Waals surface area (Å²) in [5.41, 5.74) is 13.9. The number of hydrogen-bond donors (Lipinski definition) is 0. The number of para-hydroxylation sites is 2. The molecule has 0 radical (unpaired) electrons. The highest BCUT2D eigenvalue weighted by atomic mass is 16.3. The Morgan fingerprint density at radius 2 is 0.745 bits per heavy atom. The zero-order valence-corrected chi connectivity index (χ0v) is 27.3. The van der Waals surface area contributed by atoms with Crippen LogP contribution in [0.15, 0.2) is 175 Å². The summed E-state index contributed by atoms with van der Waals surface area (Å²) in [7, 11) is 0. The van der Waals surface area contributed by atoms with E-state index in [2.05, 4.69) is 92.7 Å². The van der Waals surface area contributed by atoms with Crippen molar-refractivity contribution in [1.82, 2.24) is 29.9 Å². The van der Waals surface area contributed by atoms with Crippen molar-refractivity contribution in [3.63, 3.8) is 0 Å². The van der Waals surface area contributed by atoms with Gasteiger partial charge in [-0.15, -0.1) is 0 Å². The standard InChI is InChI=1S/C44H28N6O/c1-2-12-43-40(11-1)50-44(51-43)42-24-38(37-19-33(29-7-3-13-45-25-29)17-34(20-37)30-8-4-14-46-26-30)23-41(49-42)39-21-35(31-9-5-15-47-27-31)18-36(22-39)32-10-6-16-48-28-32/h1-28H. The van der Waals surface area contributed by atoms with Crippen molar-refractivity contribution in [2.24, 2.45) is 0 Å². The third-order valence-electron chi connectivity index (χ3n) is 8.81. The summed E-state index contributed by atoms with van der Waals surface area (Å²) in [6, 6.07) is 41.1. The van der Waals surface area contributed by atoms with Gasteiger partial charge in [0.1, 0.15) is 11.2 Å². The molecule has 6 heterocycles. The minimum atomic E-state index is 0.450. The molecule has 3 aromatic carbocycles. The summed E-state index contributed by atoms with van der Waals surface area (Å²) in [6.45, 7) is 0. The summed E-state index contributed by atoms with van der Waals surface area (Å²) < 4.78 is 6.30. The van der Waals surface area contributed by atoms with Crippen molar-refractivity contribution in [3.8, 4) is 78.5 Å². The van der Waals surface area contributed by atoms with Crippen molar-refractivity contribution in [1.29, 1.82) is 0 Å². The van der Waals surface area contributed by atoms with Gasteiger partial charge in [-0.25, -0.2) is 9.97 Å². The second kappa shape index (κ2) is 13.1. The molecule has 0 amide bonds. The smallest absolute Gasteiger partial charge is 0.246 e. The van der Waals surface area contributed by atoms with E-state index >= 15 is 0 Å². The topological polar surface area (TPSA) is 90.5 Å². The SMILES string of the molecule is c1cncc(-c2cc(-c3cccnc3)cc(-c3cc(-c4cc(-c5cccnc5)cc(-c5cccnc5)c4)nc(-c4nc5ccccc5o4)c3)c2)c1. The Hall–Kier alpha value is -7.12. The van der Waals surface area contributed by atoms with E-state index in [-0.39, 0.29) is 0 Å². The van der Waals surface area contributed by atoms with Gasteiger partial charge in [0.2, 0.25) is 5.89 Å². The highest BCUT2D eigenvalue weighted by Gasteiger charge is 2.17. The molecule has 0 N–H and O–H groups in total. The summed E-state index contributed by atoms with van der Waals surface area (Å²) in [5, 5.41) is 0. The summed E-state index contributed by atoms with van der Waals surface area (Å²) in [4.78, 5) is 27.7. The van der Waals surface area contributed by atoms with E-state index in [1.54, 1.807) is 24.8 Å². The largest absolute Gasteiger partial charge is 0.435 e. The molecule has 6 aromatic heterocycles. The highest BCUT2D eigenvalue weighted by Crippen LogP contribution is 2.38. The van der Waals surface area contributed by atoms with Crippen molar-refractivity contribution < 1.29 is 4.42 Å². The van der Waals surface area contributed by atoms with Gasteiger partial charge in [0.25, 0.3) is 0 Å². The first-order chi connectivity index (χ1) is 25.2. The molecule has 0 saturated heterocycles. The lowest BCUT2D eigenvalue weighted by atomic mass is 9.92. The quantitative estimate of drug-likeness (QED) is 0.169. The van der Waals surface area contributed by atoms with Crippen LogP contribution in [0.5, 0.6) is 0 Å². The number of oxazole rings is 1. The molecule has 0 spiro atoms. The maximum Gasteiger partial charge on any atom is 0.246 e. The number of hydrogen-bond acceptors (Lipinski definition) is 7. The molecule has 0 aliphatic heterocycles. The van der Waals surface area contributed by atoms with Crippen LogP contribution >= 0.6 is 0 Å². The van der Waals surface area contributed by atoms with Crippen LogP contribution in [0.25, 0.3) is 89.6 Å². The molecule has 7 heteroatoms. The van der Waals surface area contributed by atoms with Crippen LogP contribution in [0, 0.1) is 0 Å². The Morgan fingerprint density at radius 3 is 1.20 bits per heavy atom. The van der Waals surface area contributed by atoms with Gasteiger partial charge in [-0.05, 0) is 118 Å². The van der Waals surface area contributed by atoms with Gasteiger partial charge in [-0.1, -0.05) is 36.4 Å². The minimum Gasteiger partial charge on any atom is -0.435 e. The number of benzene rings is 3. The lowest BCUT2D eigenvalue weighted by molar-refractivity contribution is 0.617. The van der Waals surface area contributed by atoms with Gasteiger partial charge in [-0.2, -0.15) is 0 Å². The Balaban J connectivity index is 1.29. The zero-order valence-electron chi connectivity index (χ0n) is 27.3. The molecule has 0 bridgehead atoms. The van der Waals surface area contributed by atoms with Gasteiger partial charge in [0.05, 0.1) is 5.69 Å². The fraction of sp³-hybridized carbons (Fsp3) is 0. The van der Waals surface area contributed by atoms with Crippen LogP contribution in [-0.4, -0.2) is 29.9 Å². The zero-order chi connectivity index (χ0) is 34.0. The number of nitrogens with zero attached hydrogens (tertiary/aromatic N) is 6. The van der Waals surface area contributed by atoms with E-state index in [1.165, 1.54) is 0 Å². The molecule has 0 aliphatic carbocycles. The van der Waals surface area contributed by atoms with E-state index in [0.29, 0.717) is 17.2 Å². The van der Waals surface area contributed by atoms with Crippen LogP contribution in [0.3, 0.4) is 0 Å². The number of fused-ring (bicyclic) bond motifs is 1. The van der Waals surface area contributed by atoms with Gasteiger partial charge >= 0.3 is 0 Å². The first-order valence-electron chi connectivity index (χ1n) is 16.5. The van der Waals surface area contributed by atoms with E-state index in [1.807, 2.05) is 73.3 Å². The molecule has 51 heavy (non-hydrogen) atoms. The van der Waals surface area contributed by atoms with E-state index in [4.69, 9.17) is 14.4 Å². The third-order valence-corrected chi connectivity index (χ3v) is 8.81. The number of pyridine rings is 5. The molecule has 9 aromatic rings. The Morgan fingerprint density at radius 1 is 0.333 bits per heavy atom. The average Bonchev–Trinajstić information content (AvgIpc) is 3.66. The van der Waals surface area contributed by atoms with Crippen LogP contribution in [0.1, 0.15) is 0 Å². The van der Waals surface area contributed by atoms with Gasteiger partial charge < -0.3 is 4.42 Å². The Kier molecular flexibility index (Phi) is 7.68. The highest BCUT2D eigenvalue weighted by molar-refractivity contribution is 5.86. The van der Waals surface area contributed by atoms with Crippen molar-refractivity contribution in [3.05, 3.63) is 171 Å². The Labute approximate surface area is 294 Å². The predicted octanol–water partition coefficient (Wildman–Crippen LogP) is 10.5. The number of rotatable bonds is 7. The predicted molar refractivity (Wildman–Crippen MR) is 201 cm³/mol. The van der Waals surface area contributed by atoms with Gasteiger partial charge in [-0.3, -0.25) is 19.9 Å². The lowest BCUT2D eigenvalue weighted by Gasteiger charge is -2.14. The van der Waals surface area contributed by atoms with Gasteiger partial charge in [0.15, 0.2) is 5.58 Å². The van der Waals surface area contributed by atoms with Crippen LogP contribution in [0.4, 0.5) is 0 Å². The monoisotopic (exact) mass is 656 g/mol. The molecular weight excluding hydrogens is 629 g/mol. The molecule has 0 aliphatic rings. The molecule has 0 unspecified atom stereocenters. The number of aromatic nitrogens is 6. The second-order valence-electron chi connectivity index (χ2n) is 12.2. The van der Waals surface area contributed by atoms with Gasteiger partial charge in [0, 0.05) is 77.4 Å². The van der Waals surface area contributed by atoms with Crippen molar-refractivity contribution in [2.45, 2.75) is 0 Å². The first-order valence-corrected chi connectivity index (χ1v) is 16.5. The molecule has 240 valence electrons. The van der Waals surface area contributed by atoms with Crippen molar-refractivity contribution >= 4 is 11.1 Å². The summed E-state index contributed by atoms with van der Waals surface area (Å²) in [5.74, 6) is 0.450. The van der Waals surface area contributed by atoms with Crippen molar-refractivity contribution in [2.75, 3.05) is 0 Å². The molecule has 7 nitrogen and oxygen atoms in total.